The molecule has 2 amide bonds. The molecule has 0 aliphatic carbocycles. The van der Waals surface area contributed by atoms with E-state index in [9.17, 15) is 9.59 Å². The highest BCUT2D eigenvalue weighted by Gasteiger charge is 2.22. The molecule has 3 aromatic carbocycles. The van der Waals surface area contributed by atoms with Crippen LogP contribution in [-0.2, 0) is 22.7 Å². The number of amides is 2. The lowest BCUT2D eigenvalue weighted by molar-refractivity contribution is -0.120. The van der Waals surface area contributed by atoms with Crippen molar-refractivity contribution in [3.8, 4) is 39.4 Å². The molecule has 49 heavy (non-hydrogen) atoms. The van der Waals surface area contributed by atoms with Crippen LogP contribution < -0.4 is 26.0 Å². The van der Waals surface area contributed by atoms with Crippen molar-refractivity contribution in [3.05, 3.63) is 94.1 Å². The van der Waals surface area contributed by atoms with E-state index in [-0.39, 0.29) is 23.9 Å². The summed E-state index contributed by atoms with van der Waals surface area (Å²) in [6.45, 7) is 2.68. The Balaban J connectivity index is 1.09. The number of nitrogens with zero attached hydrogens (tertiary/aromatic N) is 1. The van der Waals surface area contributed by atoms with Crippen molar-refractivity contribution in [3.63, 3.8) is 0 Å². The molecule has 11 heteroatoms. The molecule has 5 aromatic rings. The minimum atomic E-state index is 0.105. The lowest BCUT2D eigenvalue weighted by Gasteiger charge is -2.16. The Labute approximate surface area is 295 Å². The number of aromatic amines is 1. The molecule has 0 radical (unpaired) electrons. The lowest BCUT2D eigenvalue weighted by atomic mass is 9.96. The molecule has 252 valence electrons. The van der Waals surface area contributed by atoms with Gasteiger partial charge >= 0.3 is 0 Å². The van der Waals surface area contributed by atoms with E-state index < -0.39 is 0 Å². The maximum Gasteiger partial charge on any atom is 0.220 e. The molecule has 0 saturated carbocycles. The van der Waals surface area contributed by atoms with Crippen LogP contribution in [0.1, 0.15) is 36.9 Å². The number of fused-ring (bicyclic) bond motifs is 1. The number of ether oxygens (including phenoxy) is 1. The molecule has 7 rings (SSSR count). The standard InChI is InChI=1S/C38H38Cl2N6O3/c1-49-38-23(18-41-19-25-10-14-34(47)44-25)9-13-33(46-38)31-7-3-6-30(37(31)40)29-5-2-4-28(36(29)39)22-8-12-32-24(16-22)17-27(43-32)21-42-20-26-11-15-35(48)45-26/h2-9,12-13,16-17,25-26,41-43H,10-11,14-15,18-21H2,1H3,(H,44,47)(H,45,48)/t25-,26-/m1/s1. The molecule has 0 spiro atoms. The van der Waals surface area contributed by atoms with Gasteiger partial charge in [0.2, 0.25) is 17.7 Å². The van der Waals surface area contributed by atoms with Crippen LogP contribution in [0.4, 0.5) is 0 Å². The number of carbonyl (C=O) groups is 2. The summed E-state index contributed by atoms with van der Waals surface area (Å²) in [5.74, 6) is 0.750. The Kier molecular flexibility index (Phi) is 9.86. The second-order valence-electron chi connectivity index (χ2n) is 12.7. The molecule has 4 heterocycles. The van der Waals surface area contributed by atoms with E-state index >= 15 is 0 Å². The largest absolute Gasteiger partial charge is 0.481 e. The number of hydrogen-bond acceptors (Lipinski definition) is 6. The molecule has 0 bridgehead atoms. The van der Waals surface area contributed by atoms with Gasteiger partial charge in [-0.15, -0.1) is 0 Å². The van der Waals surface area contributed by atoms with E-state index in [1.54, 1.807) is 7.11 Å². The fourth-order valence-electron chi connectivity index (χ4n) is 6.71. The minimum Gasteiger partial charge on any atom is -0.481 e. The van der Waals surface area contributed by atoms with Crippen molar-refractivity contribution in [1.29, 1.82) is 0 Å². The molecule has 2 atom stereocenters. The highest BCUT2D eigenvalue weighted by atomic mass is 35.5. The highest BCUT2D eigenvalue weighted by Crippen LogP contribution is 2.42. The maximum atomic E-state index is 11.5. The van der Waals surface area contributed by atoms with E-state index in [1.807, 2.05) is 48.5 Å². The first-order valence-corrected chi connectivity index (χ1v) is 17.4. The summed E-state index contributed by atoms with van der Waals surface area (Å²) in [5.41, 5.74) is 8.07. The molecule has 9 nitrogen and oxygen atoms in total. The van der Waals surface area contributed by atoms with Gasteiger partial charge in [-0.2, -0.15) is 0 Å². The highest BCUT2D eigenvalue weighted by molar-refractivity contribution is 6.39. The van der Waals surface area contributed by atoms with Crippen molar-refractivity contribution in [2.75, 3.05) is 20.2 Å². The first-order valence-electron chi connectivity index (χ1n) is 16.6. The van der Waals surface area contributed by atoms with Crippen LogP contribution in [0.3, 0.4) is 0 Å². The number of rotatable bonds is 12. The number of carbonyl (C=O) groups excluding carboxylic acids is 2. The SMILES string of the molecule is COc1nc(-c2cccc(-c3cccc(-c4ccc5[nH]c(CNC[C@H]6CCC(=O)N6)cc5c4)c3Cl)c2Cl)ccc1CNC[C@H]1CCC(=O)N1. The number of pyridine rings is 1. The van der Waals surface area contributed by atoms with Crippen LogP contribution in [0.15, 0.2) is 72.8 Å². The second kappa shape index (κ2) is 14.6. The summed E-state index contributed by atoms with van der Waals surface area (Å²) in [6.07, 6.45) is 2.90. The zero-order valence-electron chi connectivity index (χ0n) is 27.2. The summed E-state index contributed by atoms with van der Waals surface area (Å²) < 4.78 is 5.66. The predicted octanol–water partition coefficient (Wildman–Crippen LogP) is 6.62. The Morgan fingerprint density at radius 1 is 0.776 bits per heavy atom. The number of H-pyrrole nitrogens is 1. The van der Waals surface area contributed by atoms with Gasteiger partial charge in [-0.05, 0) is 42.7 Å². The van der Waals surface area contributed by atoms with E-state index in [2.05, 4.69) is 50.5 Å². The Morgan fingerprint density at radius 2 is 1.41 bits per heavy atom. The fourth-order valence-corrected chi connectivity index (χ4v) is 7.37. The lowest BCUT2D eigenvalue weighted by Crippen LogP contribution is -2.35. The van der Waals surface area contributed by atoms with Gasteiger partial charge in [-0.1, -0.05) is 71.7 Å². The van der Waals surface area contributed by atoms with Crippen molar-refractivity contribution >= 4 is 45.9 Å². The molecular weight excluding hydrogens is 659 g/mol. The van der Waals surface area contributed by atoms with Gasteiger partial charge in [-0.25, -0.2) is 4.98 Å². The first kappa shape index (κ1) is 33.1. The number of halogens is 2. The Morgan fingerprint density at radius 3 is 2.06 bits per heavy atom. The van der Waals surface area contributed by atoms with Crippen molar-refractivity contribution in [2.45, 2.75) is 50.9 Å². The molecule has 2 fully saturated rings. The molecular formula is C38H38Cl2N6O3. The van der Waals surface area contributed by atoms with Crippen LogP contribution >= 0.6 is 23.2 Å². The number of aromatic nitrogens is 2. The molecule has 0 unspecified atom stereocenters. The molecule has 2 aliphatic rings. The van der Waals surface area contributed by atoms with Crippen molar-refractivity contribution < 1.29 is 14.3 Å². The van der Waals surface area contributed by atoms with Crippen LogP contribution in [-0.4, -0.2) is 54.1 Å². The molecule has 5 N–H and O–H groups in total. The van der Waals surface area contributed by atoms with Gasteiger partial charge in [0.05, 0.1) is 22.8 Å². The van der Waals surface area contributed by atoms with E-state index in [4.69, 9.17) is 32.9 Å². The van der Waals surface area contributed by atoms with Gasteiger partial charge in [0.25, 0.3) is 0 Å². The first-order chi connectivity index (χ1) is 23.9. The second-order valence-corrected chi connectivity index (χ2v) is 13.4. The predicted molar refractivity (Wildman–Crippen MR) is 195 cm³/mol. The average Bonchev–Trinajstić information content (AvgIpc) is 3.84. The number of hydrogen-bond donors (Lipinski definition) is 5. The van der Waals surface area contributed by atoms with E-state index in [0.717, 1.165) is 69.4 Å². The van der Waals surface area contributed by atoms with E-state index in [1.165, 1.54) is 0 Å². The summed E-state index contributed by atoms with van der Waals surface area (Å²) in [7, 11) is 1.61. The smallest absolute Gasteiger partial charge is 0.220 e. The summed E-state index contributed by atoms with van der Waals surface area (Å²) in [4.78, 5) is 31.3. The number of methoxy groups -OCH3 is 1. The van der Waals surface area contributed by atoms with Crippen LogP contribution in [0.25, 0.3) is 44.4 Å². The number of nitrogens with one attached hydrogen (secondary N) is 5. The van der Waals surface area contributed by atoms with Crippen LogP contribution in [0.2, 0.25) is 10.0 Å². The quantitative estimate of drug-likeness (QED) is 0.100. The Bertz CT molecular complexity index is 2030. The molecule has 2 saturated heterocycles. The van der Waals surface area contributed by atoms with E-state index in [0.29, 0.717) is 54.1 Å². The Hall–Kier alpha value is -4.41. The summed E-state index contributed by atoms with van der Waals surface area (Å²) >= 11 is 14.3. The normalized spacial score (nSPS) is 17.4. The third kappa shape index (κ3) is 7.31. The maximum absolute atomic E-state index is 11.5. The molecule has 2 aromatic heterocycles. The summed E-state index contributed by atoms with van der Waals surface area (Å²) in [5, 5.41) is 15.1. The average molecular weight is 698 g/mol. The summed E-state index contributed by atoms with van der Waals surface area (Å²) in [6, 6.07) is 24.6. The zero-order valence-corrected chi connectivity index (χ0v) is 28.7. The fraction of sp³-hybridized carbons (Fsp3) is 0.289. The molecule has 2 aliphatic heterocycles. The van der Waals surface area contributed by atoms with Gasteiger partial charge in [0, 0.05) is 95.5 Å². The zero-order chi connectivity index (χ0) is 33.9. The van der Waals surface area contributed by atoms with Gasteiger partial charge in [-0.3, -0.25) is 9.59 Å². The van der Waals surface area contributed by atoms with Crippen LogP contribution in [0.5, 0.6) is 5.88 Å². The van der Waals surface area contributed by atoms with Gasteiger partial charge in [0.1, 0.15) is 0 Å². The van der Waals surface area contributed by atoms with Gasteiger partial charge in [0.15, 0.2) is 0 Å². The monoisotopic (exact) mass is 696 g/mol. The topological polar surface area (TPSA) is 120 Å². The minimum absolute atomic E-state index is 0.105. The van der Waals surface area contributed by atoms with Crippen LogP contribution in [0, 0.1) is 0 Å². The third-order valence-corrected chi connectivity index (χ3v) is 10.1. The third-order valence-electron chi connectivity index (χ3n) is 9.27. The number of benzene rings is 3. The van der Waals surface area contributed by atoms with Crippen molar-refractivity contribution in [1.82, 2.24) is 31.2 Å². The van der Waals surface area contributed by atoms with Crippen molar-refractivity contribution in [2.24, 2.45) is 0 Å². The van der Waals surface area contributed by atoms with Gasteiger partial charge < -0.3 is 31.0 Å².